The van der Waals surface area contributed by atoms with E-state index in [0.717, 1.165) is 0 Å². The summed E-state index contributed by atoms with van der Waals surface area (Å²) in [4.78, 5) is 37.9. The first kappa shape index (κ1) is 17.6. The Morgan fingerprint density at radius 3 is 2.19 bits per heavy atom. The van der Waals surface area contributed by atoms with Gasteiger partial charge >= 0.3 is 5.97 Å². The third kappa shape index (κ3) is 2.92. The van der Waals surface area contributed by atoms with Crippen LogP contribution in [0.2, 0.25) is 0 Å². The van der Waals surface area contributed by atoms with Crippen LogP contribution in [0.3, 0.4) is 0 Å². The second kappa shape index (κ2) is 6.25. The Kier molecular flexibility index (Phi) is 4.23. The van der Waals surface area contributed by atoms with Crippen molar-refractivity contribution in [1.82, 2.24) is 0 Å². The molecule has 1 aliphatic rings. The summed E-state index contributed by atoms with van der Waals surface area (Å²) in [5.41, 5.74) is -0.353. The summed E-state index contributed by atoms with van der Waals surface area (Å²) in [6, 6.07) is 9.37. The van der Waals surface area contributed by atoms with Crippen LogP contribution in [0.1, 0.15) is 61.6 Å². The number of hydrogen-bond acceptors (Lipinski definition) is 5. The van der Waals surface area contributed by atoms with Gasteiger partial charge in [-0.15, -0.1) is 0 Å². The maximum absolute atomic E-state index is 13.0. The van der Waals surface area contributed by atoms with Gasteiger partial charge in [0.05, 0.1) is 23.8 Å². The first-order chi connectivity index (χ1) is 12.2. The average Bonchev–Trinajstić information content (AvgIpc) is 2.62. The fourth-order valence-corrected chi connectivity index (χ4v) is 2.81. The van der Waals surface area contributed by atoms with Crippen LogP contribution >= 0.6 is 0 Å². The van der Waals surface area contributed by atoms with E-state index >= 15 is 0 Å². The van der Waals surface area contributed by atoms with Crippen LogP contribution in [-0.2, 0) is 4.74 Å². The van der Waals surface area contributed by atoms with Gasteiger partial charge in [-0.05, 0) is 26.0 Å². The lowest BCUT2D eigenvalue weighted by atomic mass is 9.80. The second-order valence-corrected chi connectivity index (χ2v) is 6.42. The standard InChI is InChI=1S/C21H16O5/c1-21(2,25)11-10-12-15(20(24)26-3)8-9-16-17(12)19(23)14-7-5-4-6-13(14)18(16)22/h4-9,25H,1-3H3. The van der Waals surface area contributed by atoms with Gasteiger partial charge in [-0.2, -0.15) is 0 Å². The topological polar surface area (TPSA) is 80.7 Å². The molecule has 0 heterocycles. The van der Waals surface area contributed by atoms with Gasteiger partial charge in [-0.3, -0.25) is 9.59 Å². The van der Waals surface area contributed by atoms with Gasteiger partial charge in [-0.1, -0.05) is 36.1 Å². The minimum Gasteiger partial charge on any atom is -0.465 e. The number of carbonyl (C=O) groups excluding carboxylic acids is 3. The Morgan fingerprint density at radius 1 is 1.00 bits per heavy atom. The summed E-state index contributed by atoms with van der Waals surface area (Å²) in [5, 5.41) is 9.90. The molecule has 0 aromatic heterocycles. The molecular weight excluding hydrogens is 332 g/mol. The van der Waals surface area contributed by atoms with E-state index in [-0.39, 0.29) is 39.4 Å². The molecule has 3 rings (SSSR count). The predicted molar refractivity (Wildman–Crippen MR) is 94.3 cm³/mol. The Labute approximate surface area is 150 Å². The average molecular weight is 348 g/mol. The lowest BCUT2D eigenvalue weighted by Crippen LogP contribution is -2.24. The molecule has 5 nitrogen and oxygen atoms in total. The maximum atomic E-state index is 13.0. The number of fused-ring (bicyclic) bond motifs is 2. The van der Waals surface area contributed by atoms with Gasteiger partial charge in [0, 0.05) is 16.7 Å². The number of hydrogen-bond donors (Lipinski definition) is 1. The van der Waals surface area contributed by atoms with Crippen LogP contribution in [0, 0.1) is 11.8 Å². The monoisotopic (exact) mass is 348 g/mol. The molecule has 0 unspecified atom stereocenters. The van der Waals surface area contributed by atoms with Crippen molar-refractivity contribution < 1.29 is 24.2 Å². The number of rotatable bonds is 1. The third-order valence-electron chi connectivity index (χ3n) is 3.99. The molecule has 0 spiro atoms. The first-order valence-corrected chi connectivity index (χ1v) is 7.94. The van der Waals surface area contributed by atoms with Gasteiger partial charge in [0.25, 0.3) is 0 Å². The van der Waals surface area contributed by atoms with Crippen LogP contribution < -0.4 is 0 Å². The fourth-order valence-electron chi connectivity index (χ4n) is 2.81. The highest BCUT2D eigenvalue weighted by Gasteiger charge is 2.33. The first-order valence-electron chi connectivity index (χ1n) is 7.94. The molecule has 2 aromatic rings. The number of methoxy groups -OCH3 is 1. The van der Waals surface area contributed by atoms with Crippen molar-refractivity contribution in [2.24, 2.45) is 0 Å². The number of ketones is 2. The number of ether oxygens (including phenoxy) is 1. The molecule has 5 heteroatoms. The maximum Gasteiger partial charge on any atom is 0.339 e. The smallest absolute Gasteiger partial charge is 0.339 e. The van der Waals surface area contributed by atoms with E-state index < -0.39 is 11.6 Å². The molecule has 1 aliphatic carbocycles. The molecular formula is C21H16O5. The zero-order valence-corrected chi connectivity index (χ0v) is 14.5. The minimum absolute atomic E-state index is 0.0633. The molecule has 130 valence electrons. The van der Waals surface area contributed by atoms with E-state index in [1.54, 1.807) is 24.3 Å². The Balaban J connectivity index is 2.34. The highest BCUT2D eigenvalue weighted by Crippen LogP contribution is 2.31. The minimum atomic E-state index is -1.34. The molecule has 26 heavy (non-hydrogen) atoms. The SMILES string of the molecule is COC(=O)c1ccc2c(c1C#CC(C)(C)O)C(=O)c1ccccc1C2=O. The van der Waals surface area contributed by atoms with Crippen LogP contribution in [-0.4, -0.2) is 35.4 Å². The highest BCUT2D eigenvalue weighted by molar-refractivity contribution is 6.29. The number of esters is 1. The highest BCUT2D eigenvalue weighted by atomic mass is 16.5. The van der Waals surface area contributed by atoms with Crippen LogP contribution in [0.5, 0.6) is 0 Å². The molecule has 0 amide bonds. The normalized spacial score (nSPS) is 12.6. The molecule has 0 bridgehead atoms. The van der Waals surface area contributed by atoms with Crippen LogP contribution in [0.25, 0.3) is 0 Å². The van der Waals surface area contributed by atoms with E-state index in [1.807, 2.05) is 0 Å². The van der Waals surface area contributed by atoms with Gasteiger partial charge in [0.15, 0.2) is 11.6 Å². The lowest BCUT2D eigenvalue weighted by Gasteiger charge is -2.20. The van der Waals surface area contributed by atoms with Crippen molar-refractivity contribution >= 4 is 17.5 Å². The lowest BCUT2D eigenvalue weighted by molar-refractivity contribution is 0.0600. The van der Waals surface area contributed by atoms with E-state index in [2.05, 4.69) is 11.8 Å². The quantitative estimate of drug-likeness (QED) is 0.539. The van der Waals surface area contributed by atoms with Crippen molar-refractivity contribution in [3.8, 4) is 11.8 Å². The zero-order chi connectivity index (χ0) is 19.1. The van der Waals surface area contributed by atoms with Crippen molar-refractivity contribution in [3.63, 3.8) is 0 Å². The molecule has 0 saturated heterocycles. The van der Waals surface area contributed by atoms with E-state index in [9.17, 15) is 19.5 Å². The Morgan fingerprint density at radius 2 is 1.62 bits per heavy atom. The molecule has 0 fully saturated rings. The fraction of sp³-hybridized carbons (Fsp3) is 0.190. The molecule has 2 aromatic carbocycles. The summed E-state index contributed by atoms with van der Waals surface area (Å²) in [5.74, 6) is 3.94. The Hall–Kier alpha value is -3.23. The van der Waals surface area contributed by atoms with E-state index in [4.69, 9.17) is 4.74 Å². The number of carbonyl (C=O) groups is 3. The van der Waals surface area contributed by atoms with Gasteiger partial charge in [0.1, 0.15) is 5.60 Å². The number of benzene rings is 2. The van der Waals surface area contributed by atoms with E-state index in [1.165, 1.54) is 33.1 Å². The summed E-state index contributed by atoms with van der Waals surface area (Å²) >= 11 is 0. The van der Waals surface area contributed by atoms with Crippen LogP contribution in [0.15, 0.2) is 36.4 Å². The summed E-state index contributed by atoms with van der Waals surface area (Å²) in [6.45, 7) is 2.96. The second-order valence-electron chi connectivity index (χ2n) is 6.42. The van der Waals surface area contributed by atoms with E-state index in [0.29, 0.717) is 5.56 Å². The van der Waals surface area contributed by atoms with Gasteiger partial charge < -0.3 is 9.84 Å². The van der Waals surface area contributed by atoms with Crippen LogP contribution in [0.4, 0.5) is 0 Å². The summed E-state index contributed by atoms with van der Waals surface area (Å²) in [6.07, 6.45) is 0. The molecule has 1 N–H and O–H groups in total. The molecule has 0 aliphatic heterocycles. The van der Waals surface area contributed by atoms with Crippen molar-refractivity contribution in [1.29, 1.82) is 0 Å². The summed E-state index contributed by atoms with van der Waals surface area (Å²) < 4.78 is 4.77. The predicted octanol–water partition coefficient (Wildman–Crippen LogP) is 2.37. The van der Waals surface area contributed by atoms with Gasteiger partial charge in [0.2, 0.25) is 0 Å². The third-order valence-corrected chi connectivity index (χ3v) is 3.99. The van der Waals surface area contributed by atoms with Crippen molar-refractivity contribution in [2.75, 3.05) is 7.11 Å². The van der Waals surface area contributed by atoms with Gasteiger partial charge in [-0.25, -0.2) is 4.79 Å². The number of aliphatic hydroxyl groups is 1. The molecule has 0 radical (unpaired) electrons. The van der Waals surface area contributed by atoms with Crippen molar-refractivity contribution in [3.05, 3.63) is 69.8 Å². The largest absolute Gasteiger partial charge is 0.465 e. The van der Waals surface area contributed by atoms with Crippen molar-refractivity contribution in [2.45, 2.75) is 19.4 Å². The summed E-state index contributed by atoms with van der Waals surface area (Å²) in [7, 11) is 1.22. The molecule has 0 saturated carbocycles. The zero-order valence-electron chi connectivity index (χ0n) is 14.5. The molecule has 0 atom stereocenters. The Bertz CT molecular complexity index is 1010.